The molecule has 9 rings (SSSR count). The van der Waals surface area contributed by atoms with Crippen LogP contribution < -0.4 is 15.5 Å². The number of nitrogens with zero attached hydrogens (tertiary/aromatic N) is 10. The smallest absolute Gasteiger partial charge is 0.226 e. The number of carbonyl (C=O) groups is 3. The van der Waals surface area contributed by atoms with Crippen molar-refractivity contribution < 1.29 is 33.3 Å². The molecule has 4 aliphatic heterocycles. The molecular formula is C57H82ClN13O7S. The van der Waals surface area contributed by atoms with E-state index in [4.69, 9.17) is 35.5 Å². The third-order valence-corrected chi connectivity index (χ3v) is 17.4. The lowest BCUT2D eigenvalue weighted by Crippen LogP contribution is -2.50. The fourth-order valence-corrected chi connectivity index (χ4v) is 12.4. The van der Waals surface area contributed by atoms with Crippen LogP contribution in [0.1, 0.15) is 122 Å². The number of hydrogen-bond acceptors (Lipinski definition) is 16. The minimum atomic E-state index is -0.513. The van der Waals surface area contributed by atoms with Gasteiger partial charge in [-0.2, -0.15) is 0 Å². The number of likely N-dealkylation sites (tertiary alicyclic amines) is 1. The van der Waals surface area contributed by atoms with Crippen molar-refractivity contribution in [1.29, 1.82) is 0 Å². The number of nitrogens with one attached hydrogen (secondary N) is 3. The molecular weight excluding hydrogens is 1050 g/mol. The number of amides is 3. The SMILES string of the molecule is Cc1sc(CN2CCCC2c2nnc3n2CCCCC3)nc1CCCNC(=O)CCOCCOCCOCCOCCC(=O)N1CCN(CC[C@H](NC(=O)C2(C)CCN(c3ncnc4[nH]ccc34)CC2)c2ccc(Cl)cc2)CC1. The number of benzene rings is 1. The first-order valence-electron chi connectivity index (χ1n) is 28.9. The maximum absolute atomic E-state index is 14.0. The molecule has 22 heteroatoms. The third kappa shape index (κ3) is 16.5. The van der Waals surface area contributed by atoms with Crippen molar-refractivity contribution in [3.63, 3.8) is 0 Å². The summed E-state index contributed by atoms with van der Waals surface area (Å²) in [6.45, 7) is 16.0. The van der Waals surface area contributed by atoms with E-state index in [1.807, 2.05) is 41.4 Å². The fourth-order valence-electron chi connectivity index (χ4n) is 11.3. The van der Waals surface area contributed by atoms with Crippen molar-refractivity contribution in [2.45, 2.75) is 122 Å². The number of thiazole rings is 1. The molecule has 2 atom stereocenters. The summed E-state index contributed by atoms with van der Waals surface area (Å²) >= 11 is 8.05. The molecule has 4 aromatic heterocycles. The molecule has 3 saturated heterocycles. The molecule has 1 aromatic carbocycles. The van der Waals surface area contributed by atoms with Crippen LogP contribution in [0.2, 0.25) is 5.02 Å². The number of anilines is 1. The van der Waals surface area contributed by atoms with Crippen molar-refractivity contribution in [1.82, 2.24) is 60.0 Å². The van der Waals surface area contributed by atoms with Crippen molar-refractivity contribution in [3.05, 3.63) is 80.7 Å². The highest BCUT2D eigenvalue weighted by atomic mass is 35.5. The maximum Gasteiger partial charge on any atom is 0.226 e. The second-order valence-electron chi connectivity index (χ2n) is 21.7. The average molecular weight is 1130 g/mol. The Bertz CT molecular complexity index is 2710. The molecule has 4 aliphatic rings. The van der Waals surface area contributed by atoms with Crippen LogP contribution in [-0.4, -0.2) is 179 Å². The lowest BCUT2D eigenvalue weighted by Gasteiger charge is -2.40. The molecule has 3 amide bonds. The van der Waals surface area contributed by atoms with Gasteiger partial charge in [0.25, 0.3) is 0 Å². The number of aromatic amines is 1. The zero-order valence-corrected chi connectivity index (χ0v) is 48.0. The van der Waals surface area contributed by atoms with Gasteiger partial charge in [-0.1, -0.05) is 37.1 Å². The molecule has 79 heavy (non-hydrogen) atoms. The monoisotopic (exact) mass is 1130 g/mol. The Hall–Kier alpha value is -5.13. The predicted octanol–water partition coefficient (Wildman–Crippen LogP) is 6.63. The van der Waals surface area contributed by atoms with E-state index in [0.29, 0.717) is 109 Å². The van der Waals surface area contributed by atoms with Crippen LogP contribution >= 0.6 is 22.9 Å². The lowest BCUT2D eigenvalue weighted by molar-refractivity contribution is -0.134. The van der Waals surface area contributed by atoms with E-state index in [1.165, 1.54) is 30.6 Å². The number of H-pyrrole nitrogens is 1. The number of halogens is 1. The van der Waals surface area contributed by atoms with Gasteiger partial charge in [0.2, 0.25) is 17.7 Å². The number of piperidine rings is 1. The van der Waals surface area contributed by atoms with E-state index < -0.39 is 5.41 Å². The van der Waals surface area contributed by atoms with Gasteiger partial charge in [-0.15, -0.1) is 21.5 Å². The summed E-state index contributed by atoms with van der Waals surface area (Å²) in [6.07, 6.45) is 14.9. The highest BCUT2D eigenvalue weighted by Crippen LogP contribution is 2.37. The zero-order valence-electron chi connectivity index (χ0n) is 46.4. The molecule has 0 bridgehead atoms. The van der Waals surface area contributed by atoms with E-state index in [-0.39, 0.29) is 23.8 Å². The summed E-state index contributed by atoms with van der Waals surface area (Å²) in [4.78, 5) is 66.9. The van der Waals surface area contributed by atoms with Crippen molar-refractivity contribution in [3.8, 4) is 0 Å². The lowest BCUT2D eigenvalue weighted by atomic mass is 9.79. The number of carbonyl (C=O) groups excluding carboxylic acids is 3. The quantitative estimate of drug-likeness (QED) is 0.0430. The number of ether oxygens (including phenoxy) is 4. The van der Waals surface area contributed by atoms with Gasteiger partial charge in [-0.05, 0) is 95.0 Å². The van der Waals surface area contributed by atoms with Gasteiger partial charge in [-0.3, -0.25) is 24.2 Å². The second-order valence-corrected chi connectivity index (χ2v) is 23.4. The first-order valence-corrected chi connectivity index (χ1v) is 30.1. The van der Waals surface area contributed by atoms with Crippen molar-refractivity contribution in [2.24, 2.45) is 5.41 Å². The number of piperazine rings is 1. The summed E-state index contributed by atoms with van der Waals surface area (Å²) in [5, 5.41) is 18.5. The Labute approximate surface area is 474 Å². The fraction of sp³-hybridized carbons (Fsp3) is 0.649. The van der Waals surface area contributed by atoms with Gasteiger partial charge in [0.1, 0.15) is 34.4 Å². The van der Waals surface area contributed by atoms with E-state index in [2.05, 4.69) is 68.9 Å². The van der Waals surface area contributed by atoms with Crippen LogP contribution in [0, 0.1) is 12.3 Å². The van der Waals surface area contributed by atoms with Gasteiger partial charge < -0.3 is 48.9 Å². The molecule has 8 heterocycles. The molecule has 0 radical (unpaired) electrons. The first-order chi connectivity index (χ1) is 38.6. The molecule has 0 spiro atoms. The second kappa shape index (κ2) is 29.5. The molecule has 3 N–H and O–H groups in total. The van der Waals surface area contributed by atoms with E-state index in [1.54, 1.807) is 17.7 Å². The molecule has 3 fully saturated rings. The first kappa shape index (κ1) is 58.5. The Morgan fingerprint density at radius 2 is 1.57 bits per heavy atom. The standard InChI is InChI=1S/C57H82ClN13O7S/c1-42-46(63-51(79-42)40-70-23-7-9-48(70)55-66-65-49-10-4-3-5-24-71(49)55)8-6-21-59-50(72)17-32-75-34-36-77-38-39-78-37-35-76-33-18-52(73)68-30-28-67(29-31-68)25-16-47(43-11-13-44(58)14-12-43)64-56(74)57(2)19-26-69(27-20-57)54-45-15-22-60-53(45)61-41-62-54/h11-15,22,41,47-48H,3-10,16-21,23-40H2,1-2H3,(H,59,72)(H,64,74)(H,60,61,62)/t47-,48?/m0/s1. The molecule has 0 aliphatic carbocycles. The number of aryl methyl sites for hydroxylation is 3. The molecule has 5 aromatic rings. The summed E-state index contributed by atoms with van der Waals surface area (Å²) in [5.41, 5.74) is 2.45. The minimum absolute atomic E-state index is 0.0185. The van der Waals surface area contributed by atoms with Crippen LogP contribution in [0.15, 0.2) is 42.9 Å². The van der Waals surface area contributed by atoms with Crippen LogP contribution in [0.4, 0.5) is 5.82 Å². The van der Waals surface area contributed by atoms with E-state index in [0.717, 1.165) is 129 Å². The summed E-state index contributed by atoms with van der Waals surface area (Å²) in [5.74, 6) is 3.32. The number of fused-ring (bicyclic) bond motifs is 2. The molecule has 0 saturated carbocycles. The van der Waals surface area contributed by atoms with E-state index >= 15 is 0 Å². The van der Waals surface area contributed by atoms with Crippen LogP contribution in [0.25, 0.3) is 11.0 Å². The summed E-state index contributed by atoms with van der Waals surface area (Å²) < 4.78 is 25.0. The van der Waals surface area contributed by atoms with Gasteiger partial charge in [-0.25, -0.2) is 15.0 Å². The van der Waals surface area contributed by atoms with Crippen molar-refractivity contribution >= 4 is 57.5 Å². The van der Waals surface area contributed by atoms with Gasteiger partial charge in [0.15, 0.2) is 0 Å². The van der Waals surface area contributed by atoms with E-state index in [9.17, 15) is 14.4 Å². The Balaban J connectivity index is 0.557. The number of aromatic nitrogens is 7. The summed E-state index contributed by atoms with van der Waals surface area (Å²) in [6, 6.07) is 9.88. The highest BCUT2D eigenvalue weighted by molar-refractivity contribution is 7.11. The zero-order chi connectivity index (χ0) is 54.8. The van der Waals surface area contributed by atoms with Gasteiger partial charge >= 0.3 is 0 Å². The maximum atomic E-state index is 14.0. The minimum Gasteiger partial charge on any atom is -0.379 e. The molecule has 20 nitrogen and oxygen atoms in total. The van der Waals surface area contributed by atoms with Crippen LogP contribution in [0.5, 0.6) is 0 Å². The highest BCUT2D eigenvalue weighted by Gasteiger charge is 2.39. The predicted molar refractivity (Wildman–Crippen MR) is 304 cm³/mol. The van der Waals surface area contributed by atoms with Gasteiger partial charge in [0, 0.05) is 93.3 Å². The summed E-state index contributed by atoms with van der Waals surface area (Å²) in [7, 11) is 0. The third-order valence-electron chi connectivity index (χ3n) is 16.1. The topological polar surface area (TPSA) is 210 Å². The largest absolute Gasteiger partial charge is 0.379 e. The average Bonchev–Trinajstić information content (AvgIpc) is 4.38. The Morgan fingerprint density at radius 1 is 0.835 bits per heavy atom. The van der Waals surface area contributed by atoms with Gasteiger partial charge in [0.05, 0.1) is 89.0 Å². The number of rotatable bonds is 29. The van der Waals surface area contributed by atoms with Crippen LogP contribution in [-0.2, 0) is 59.3 Å². The molecule has 430 valence electrons. The van der Waals surface area contributed by atoms with Crippen molar-refractivity contribution in [2.75, 3.05) is 117 Å². The Morgan fingerprint density at radius 3 is 2.33 bits per heavy atom. The molecule has 1 unspecified atom stereocenters. The van der Waals surface area contributed by atoms with Crippen LogP contribution in [0.3, 0.4) is 0 Å². The Kier molecular flexibility index (Phi) is 21.9. The normalized spacial score (nSPS) is 18.4. The number of hydrogen-bond donors (Lipinski definition) is 3.